The second-order valence-electron chi connectivity index (χ2n) is 4.63. The number of nitrogens with one attached hydrogen (secondary N) is 1. The van der Waals surface area contributed by atoms with Crippen molar-refractivity contribution in [3.05, 3.63) is 34.6 Å². The van der Waals surface area contributed by atoms with E-state index in [9.17, 15) is 4.39 Å². The molecule has 2 unspecified atom stereocenters. The summed E-state index contributed by atoms with van der Waals surface area (Å²) in [5.74, 6) is -0.375. The zero-order valence-electron chi connectivity index (χ0n) is 11.4. The fourth-order valence-electron chi connectivity index (χ4n) is 2.08. The third-order valence-corrected chi connectivity index (χ3v) is 4.13. The van der Waals surface area contributed by atoms with Gasteiger partial charge in [0, 0.05) is 13.2 Å². The van der Waals surface area contributed by atoms with Gasteiger partial charge in [0.15, 0.2) is 0 Å². The van der Waals surface area contributed by atoms with Crippen LogP contribution in [-0.2, 0) is 11.2 Å². The van der Waals surface area contributed by atoms with Gasteiger partial charge >= 0.3 is 0 Å². The first-order valence-electron chi connectivity index (χ1n) is 6.13. The summed E-state index contributed by atoms with van der Waals surface area (Å²) in [7, 11) is 3.58. The van der Waals surface area contributed by atoms with Gasteiger partial charge in [0.1, 0.15) is 5.82 Å². The maximum absolute atomic E-state index is 13.4. The summed E-state index contributed by atoms with van der Waals surface area (Å²) < 4.78 is 19.0. The fourth-order valence-corrected chi connectivity index (χ4v) is 2.29. The minimum Gasteiger partial charge on any atom is -0.377 e. The highest BCUT2D eigenvalue weighted by atomic mass is 35.5. The molecule has 0 aromatic heterocycles. The zero-order valence-corrected chi connectivity index (χ0v) is 12.1. The molecule has 0 heterocycles. The van der Waals surface area contributed by atoms with Crippen molar-refractivity contribution in [2.24, 2.45) is 0 Å². The van der Waals surface area contributed by atoms with Crippen LogP contribution < -0.4 is 5.32 Å². The number of benzene rings is 1. The molecule has 2 atom stereocenters. The Morgan fingerprint density at radius 3 is 2.67 bits per heavy atom. The van der Waals surface area contributed by atoms with Crippen molar-refractivity contribution in [1.29, 1.82) is 0 Å². The maximum atomic E-state index is 13.4. The molecule has 0 bridgehead atoms. The van der Waals surface area contributed by atoms with Crippen LogP contribution in [0.3, 0.4) is 0 Å². The van der Waals surface area contributed by atoms with Crippen LogP contribution in [0.2, 0.25) is 5.02 Å². The predicted octanol–water partition coefficient (Wildman–Crippen LogP) is 3.42. The van der Waals surface area contributed by atoms with Crippen LogP contribution in [0.4, 0.5) is 4.39 Å². The van der Waals surface area contributed by atoms with Crippen molar-refractivity contribution in [3.63, 3.8) is 0 Å². The van der Waals surface area contributed by atoms with Gasteiger partial charge in [0.25, 0.3) is 0 Å². The molecule has 0 amide bonds. The Balaban J connectivity index is 2.96. The smallest absolute Gasteiger partial charge is 0.142 e. The van der Waals surface area contributed by atoms with Crippen molar-refractivity contribution in [3.8, 4) is 0 Å². The Morgan fingerprint density at radius 2 is 2.17 bits per heavy atom. The van der Waals surface area contributed by atoms with E-state index in [0.717, 1.165) is 12.0 Å². The summed E-state index contributed by atoms with van der Waals surface area (Å²) in [5.41, 5.74) is 0.498. The van der Waals surface area contributed by atoms with Gasteiger partial charge in [-0.1, -0.05) is 30.7 Å². The molecule has 0 saturated heterocycles. The van der Waals surface area contributed by atoms with E-state index in [2.05, 4.69) is 12.2 Å². The zero-order chi connectivity index (χ0) is 13.8. The second-order valence-corrected chi connectivity index (χ2v) is 5.01. The molecule has 0 aliphatic rings. The van der Waals surface area contributed by atoms with Gasteiger partial charge in [0.2, 0.25) is 0 Å². The Morgan fingerprint density at radius 1 is 1.50 bits per heavy atom. The summed E-state index contributed by atoms with van der Waals surface area (Å²) in [6.45, 7) is 4.11. The Labute approximate surface area is 113 Å². The summed E-state index contributed by atoms with van der Waals surface area (Å²) >= 11 is 5.99. The second kappa shape index (κ2) is 6.50. The van der Waals surface area contributed by atoms with E-state index < -0.39 is 0 Å². The molecule has 0 aliphatic carbocycles. The van der Waals surface area contributed by atoms with Gasteiger partial charge in [-0.2, -0.15) is 0 Å². The van der Waals surface area contributed by atoms with E-state index >= 15 is 0 Å². The standard InChI is InChI=1S/C14H21ClFNO/c1-5-14(2,18-4)12(17-3)9-10-7-6-8-11(16)13(10)15/h6-8,12,17H,5,9H2,1-4H3. The molecule has 1 rings (SSSR count). The van der Waals surface area contributed by atoms with Crippen molar-refractivity contribution in [2.45, 2.75) is 38.3 Å². The van der Waals surface area contributed by atoms with Crippen LogP contribution in [0, 0.1) is 5.82 Å². The summed E-state index contributed by atoms with van der Waals surface area (Å²) in [6, 6.07) is 4.97. The first-order valence-corrected chi connectivity index (χ1v) is 6.51. The molecule has 1 aromatic rings. The van der Waals surface area contributed by atoms with Crippen LogP contribution in [-0.4, -0.2) is 25.8 Å². The number of methoxy groups -OCH3 is 1. The molecule has 0 saturated carbocycles. The molecule has 4 heteroatoms. The molecule has 0 spiro atoms. The lowest BCUT2D eigenvalue weighted by molar-refractivity contribution is -0.0268. The SMILES string of the molecule is CCC(C)(OC)C(Cc1cccc(F)c1Cl)NC. The molecule has 0 aliphatic heterocycles. The minimum atomic E-state index is -0.375. The quantitative estimate of drug-likeness (QED) is 0.857. The molecule has 102 valence electrons. The highest BCUT2D eigenvalue weighted by Crippen LogP contribution is 2.26. The van der Waals surface area contributed by atoms with Crippen molar-refractivity contribution in [1.82, 2.24) is 5.32 Å². The predicted molar refractivity (Wildman–Crippen MR) is 73.7 cm³/mol. The number of likely N-dealkylation sites (N-methyl/N-ethyl adjacent to an activating group) is 1. The van der Waals surface area contributed by atoms with Gasteiger partial charge < -0.3 is 10.1 Å². The summed E-state index contributed by atoms with van der Waals surface area (Å²) in [4.78, 5) is 0. The van der Waals surface area contributed by atoms with Crippen LogP contribution in [0.15, 0.2) is 18.2 Å². The molecule has 1 N–H and O–H groups in total. The van der Waals surface area contributed by atoms with Gasteiger partial charge in [-0.25, -0.2) is 4.39 Å². The van der Waals surface area contributed by atoms with Crippen LogP contribution in [0.1, 0.15) is 25.8 Å². The molecule has 0 fully saturated rings. The van der Waals surface area contributed by atoms with E-state index in [0.29, 0.717) is 6.42 Å². The van der Waals surface area contributed by atoms with Crippen molar-refractivity contribution < 1.29 is 9.13 Å². The summed E-state index contributed by atoms with van der Waals surface area (Å²) in [5, 5.41) is 3.43. The van der Waals surface area contributed by atoms with Crippen LogP contribution in [0.25, 0.3) is 0 Å². The topological polar surface area (TPSA) is 21.3 Å². The van der Waals surface area contributed by atoms with Crippen LogP contribution >= 0.6 is 11.6 Å². The van der Waals surface area contributed by atoms with Gasteiger partial charge in [-0.15, -0.1) is 0 Å². The molecular formula is C14H21ClFNO. The molecule has 0 radical (unpaired) electrons. The maximum Gasteiger partial charge on any atom is 0.142 e. The monoisotopic (exact) mass is 273 g/mol. The lowest BCUT2D eigenvalue weighted by Gasteiger charge is -2.36. The van der Waals surface area contributed by atoms with E-state index in [1.54, 1.807) is 13.2 Å². The number of hydrogen-bond acceptors (Lipinski definition) is 2. The first-order chi connectivity index (χ1) is 8.48. The normalized spacial score (nSPS) is 16.3. The van der Waals surface area contributed by atoms with E-state index in [1.165, 1.54) is 6.07 Å². The van der Waals surface area contributed by atoms with Crippen molar-refractivity contribution in [2.75, 3.05) is 14.2 Å². The Kier molecular flexibility index (Phi) is 5.57. The number of hydrogen-bond donors (Lipinski definition) is 1. The third-order valence-electron chi connectivity index (χ3n) is 3.71. The average molecular weight is 274 g/mol. The highest BCUT2D eigenvalue weighted by molar-refractivity contribution is 6.31. The van der Waals surface area contributed by atoms with Gasteiger partial charge in [-0.05, 0) is 38.4 Å². The first kappa shape index (κ1) is 15.4. The van der Waals surface area contributed by atoms with Gasteiger partial charge in [-0.3, -0.25) is 0 Å². The lowest BCUT2D eigenvalue weighted by atomic mass is 9.88. The van der Waals surface area contributed by atoms with Crippen LogP contribution in [0.5, 0.6) is 0 Å². The fraction of sp³-hybridized carbons (Fsp3) is 0.571. The summed E-state index contributed by atoms with van der Waals surface area (Å²) in [6.07, 6.45) is 1.49. The average Bonchev–Trinajstić information content (AvgIpc) is 2.39. The highest BCUT2D eigenvalue weighted by Gasteiger charge is 2.32. The number of rotatable bonds is 6. The van der Waals surface area contributed by atoms with Crippen molar-refractivity contribution >= 4 is 11.6 Å². The molecule has 2 nitrogen and oxygen atoms in total. The van der Waals surface area contributed by atoms with E-state index in [-0.39, 0.29) is 22.5 Å². The number of halogens is 2. The van der Waals surface area contributed by atoms with E-state index in [4.69, 9.17) is 16.3 Å². The molecule has 1 aromatic carbocycles. The van der Waals surface area contributed by atoms with Gasteiger partial charge in [0.05, 0.1) is 10.6 Å². The molecular weight excluding hydrogens is 253 g/mol. The Bertz CT molecular complexity index is 393. The molecule has 18 heavy (non-hydrogen) atoms. The lowest BCUT2D eigenvalue weighted by Crippen LogP contribution is -2.49. The Hall–Kier alpha value is -0.640. The van der Waals surface area contributed by atoms with E-state index in [1.807, 2.05) is 20.0 Å². The largest absolute Gasteiger partial charge is 0.377 e. The minimum absolute atomic E-state index is 0.0757. The number of ether oxygens (including phenoxy) is 1. The third kappa shape index (κ3) is 3.22.